The molecule has 1 aromatic heterocycles. The molecule has 0 spiro atoms. The van der Waals surface area contributed by atoms with Crippen molar-refractivity contribution in [1.29, 1.82) is 5.26 Å². The summed E-state index contributed by atoms with van der Waals surface area (Å²) in [4.78, 5) is 17.0. The van der Waals surface area contributed by atoms with Crippen molar-refractivity contribution in [3.63, 3.8) is 0 Å². The van der Waals surface area contributed by atoms with Gasteiger partial charge in [-0.3, -0.25) is 9.78 Å². The normalized spacial score (nSPS) is 11.5. The number of aliphatic hydroxyl groups excluding tert-OH is 1. The molecule has 1 heterocycles. The van der Waals surface area contributed by atoms with Crippen LogP contribution < -0.4 is 5.32 Å². The number of carbonyl (C=O) groups is 1. The summed E-state index contributed by atoms with van der Waals surface area (Å²) in [6.07, 6.45) is 1.47. The summed E-state index contributed by atoms with van der Waals surface area (Å²) in [6.45, 7) is -0.0962. The summed E-state index contributed by atoms with van der Waals surface area (Å²) in [6, 6.07) is 15.1. The topological polar surface area (TPSA) is 86.0 Å². The third kappa shape index (κ3) is 4.34. The molecule has 140 valence electrons. The molecule has 0 aliphatic rings. The van der Waals surface area contributed by atoms with Gasteiger partial charge in [0.05, 0.1) is 28.9 Å². The van der Waals surface area contributed by atoms with Crippen LogP contribution >= 0.6 is 11.6 Å². The molecule has 0 aliphatic heterocycles. The molecule has 5 nitrogen and oxygen atoms in total. The maximum atomic E-state index is 13.9. The van der Waals surface area contributed by atoms with Gasteiger partial charge < -0.3 is 10.4 Å². The number of carbonyl (C=O) groups excluding carboxylic acids is 1. The van der Waals surface area contributed by atoms with Gasteiger partial charge >= 0.3 is 0 Å². The number of amides is 1. The number of aliphatic hydroxyl groups is 1. The summed E-state index contributed by atoms with van der Waals surface area (Å²) >= 11 is 5.90. The minimum atomic E-state index is -0.761. The van der Waals surface area contributed by atoms with E-state index in [1.54, 1.807) is 42.5 Å². The lowest BCUT2D eigenvalue weighted by Gasteiger charge is -2.19. The summed E-state index contributed by atoms with van der Waals surface area (Å²) in [7, 11) is 0. The standard InChI is InChI=1S/C21H15ClFN3O2/c22-17-7-8-19(25-11-17)20(14-3-1-13(12-27)2-4-14)26-21(28)15-5-6-16(10-24)18(23)9-15/h1-9,11,20,27H,12H2,(H,26,28)/t20-/m0/s1. The molecule has 3 aromatic rings. The van der Waals surface area contributed by atoms with Gasteiger partial charge in [0.25, 0.3) is 5.91 Å². The van der Waals surface area contributed by atoms with Crippen molar-refractivity contribution in [3.8, 4) is 6.07 Å². The molecule has 1 atom stereocenters. The average molecular weight is 396 g/mol. The third-order valence-corrected chi connectivity index (χ3v) is 4.39. The number of benzene rings is 2. The van der Waals surface area contributed by atoms with Crippen molar-refractivity contribution in [3.05, 3.63) is 99.6 Å². The molecule has 0 bridgehead atoms. The van der Waals surface area contributed by atoms with E-state index in [1.165, 1.54) is 18.3 Å². The van der Waals surface area contributed by atoms with E-state index in [0.717, 1.165) is 17.2 Å². The Morgan fingerprint density at radius 2 is 1.96 bits per heavy atom. The lowest BCUT2D eigenvalue weighted by atomic mass is 10.0. The minimum Gasteiger partial charge on any atom is -0.392 e. The number of hydrogen-bond acceptors (Lipinski definition) is 4. The quantitative estimate of drug-likeness (QED) is 0.688. The van der Waals surface area contributed by atoms with Gasteiger partial charge in [-0.2, -0.15) is 5.26 Å². The number of hydrogen-bond donors (Lipinski definition) is 2. The van der Waals surface area contributed by atoms with Crippen LogP contribution in [-0.2, 0) is 6.61 Å². The fourth-order valence-electron chi connectivity index (χ4n) is 2.66. The molecule has 0 saturated heterocycles. The van der Waals surface area contributed by atoms with E-state index >= 15 is 0 Å². The largest absolute Gasteiger partial charge is 0.392 e. The Hall–Kier alpha value is -3.27. The zero-order chi connectivity index (χ0) is 20.1. The van der Waals surface area contributed by atoms with E-state index in [0.29, 0.717) is 10.7 Å². The van der Waals surface area contributed by atoms with Gasteiger partial charge in [0.15, 0.2) is 0 Å². The van der Waals surface area contributed by atoms with Gasteiger partial charge in [0.1, 0.15) is 11.9 Å². The first-order valence-corrected chi connectivity index (χ1v) is 8.71. The number of aromatic nitrogens is 1. The molecule has 0 saturated carbocycles. The van der Waals surface area contributed by atoms with Crippen LogP contribution in [0.1, 0.15) is 38.8 Å². The monoisotopic (exact) mass is 395 g/mol. The molecule has 0 unspecified atom stereocenters. The van der Waals surface area contributed by atoms with Gasteiger partial charge in [0, 0.05) is 11.8 Å². The van der Waals surface area contributed by atoms with Crippen LogP contribution in [0, 0.1) is 17.1 Å². The van der Waals surface area contributed by atoms with E-state index in [4.69, 9.17) is 16.9 Å². The number of rotatable bonds is 5. The third-order valence-electron chi connectivity index (χ3n) is 4.17. The second-order valence-corrected chi connectivity index (χ2v) is 6.45. The lowest BCUT2D eigenvalue weighted by molar-refractivity contribution is 0.0942. The highest BCUT2D eigenvalue weighted by molar-refractivity contribution is 6.30. The molecule has 7 heteroatoms. The highest BCUT2D eigenvalue weighted by atomic mass is 35.5. The molecule has 0 radical (unpaired) electrons. The Labute approximate surface area is 166 Å². The van der Waals surface area contributed by atoms with Crippen molar-refractivity contribution in [2.75, 3.05) is 0 Å². The highest BCUT2D eigenvalue weighted by Gasteiger charge is 2.20. The molecular formula is C21H15ClFN3O2. The van der Waals surface area contributed by atoms with Crippen LogP contribution in [0.15, 0.2) is 60.8 Å². The lowest BCUT2D eigenvalue weighted by Crippen LogP contribution is -2.30. The molecule has 3 rings (SSSR count). The number of halogens is 2. The first kappa shape index (κ1) is 19.5. The SMILES string of the molecule is N#Cc1ccc(C(=O)N[C@@H](c2ccc(CO)cc2)c2ccc(Cl)cn2)cc1F. The molecule has 28 heavy (non-hydrogen) atoms. The Morgan fingerprint density at radius 3 is 2.54 bits per heavy atom. The van der Waals surface area contributed by atoms with E-state index in [1.807, 2.05) is 0 Å². The van der Waals surface area contributed by atoms with Gasteiger partial charge in [-0.1, -0.05) is 35.9 Å². The number of nitrogens with one attached hydrogen (secondary N) is 1. The van der Waals surface area contributed by atoms with Crippen LogP contribution in [0.5, 0.6) is 0 Å². The molecule has 1 amide bonds. The van der Waals surface area contributed by atoms with Gasteiger partial charge in [-0.15, -0.1) is 0 Å². The smallest absolute Gasteiger partial charge is 0.252 e. The Morgan fingerprint density at radius 1 is 1.21 bits per heavy atom. The van der Waals surface area contributed by atoms with E-state index in [-0.39, 0.29) is 17.7 Å². The average Bonchev–Trinajstić information content (AvgIpc) is 2.72. The van der Waals surface area contributed by atoms with Crippen molar-refractivity contribution in [1.82, 2.24) is 10.3 Å². The first-order chi connectivity index (χ1) is 13.5. The van der Waals surface area contributed by atoms with E-state index in [2.05, 4.69) is 10.3 Å². The number of nitrogens with zero attached hydrogens (tertiary/aromatic N) is 2. The van der Waals surface area contributed by atoms with E-state index < -0.39 is 17.8 Å². The summed E-state index contributed by atoms with van der Waals surface area (Å²) in [5.41, 5.74) is 1.96. The maximum absolute atomic E-state index is 13.9. The molecule has 0 aliphatic carbocycles. The maximum Gasteiger partial charge on any atom is 0.252 e. The fraction of sp³-hybridized carbons (Fsp3) is 0.0952. The van der Waals surface area contributed by atoms with Gasteiger partial charge in [-0.25, -0.2) is 4.39 Å². The van der Waals surface area contributed by atoms with Crippen molar-refractivity contribution >= 4 is 17.5 Å². The van der Waals surface area contributed by atoms with Crippen molar-refractivity contribution in [2.45, 2.75) is 12.6 Å². The Balaban J connectivity index is 1.94. The van der Waals surface area contributed by atoms with Crippen molar-refractivity contribution in [2.24, 2.45) is 0 Å². The second kappa shape index (κ2) is 8.61. The van der Waals surface area contributed by atoms with Crippen LogP contribution in [0.4, 0.5) is 4.39 Å². The first-order valence-electron chi connectivity index (χ1n) is 8.33. The Bertz CT molecular complexity index is 1030. The van der Waals surface area contributed by atoms with Gasteiger partial charge in [-0.05, 0) is 41.5 Å². The van der Waals surface area contributed by atoms with E-state index in [9.17, 15) is 14.3 Å². The second-order valence-electron chi connectivity index (χ2n) is 6.01. The molecular weight excluding hydrogens is 381 g/mol. The predicted molar refractivity (Wildman–Crippen MR) is 102 cm³/mol. The summed E-state index contributed by atoms with van der Waals surface area (Å²) in [5, 5.41) is 21.3. The van der Waals surface area contributed by atoms with Crippen molar-refractivity contribution < 1.29 is 14.3 Å². The zero-order valence-electron chi connectivity index (χ0n) is 14.6. The number of pyridine rings is 1. The Kier molecular flexibility index (Phi) is 5.99. The van der Waals surface area contributed by atoms with Crippen LogP contribution in [0.3, 0.4) is 0 Å². The molecule has 0 fully saturated rings. The predicted octanol–water partition coefficient (Wildman–Crippen LogP) is 3.76. The highest BCUT2D eigenvalue weighted by Crippen LogP contribution is 2.23. The van der Waals surface area contributed by atoms with Crippen LogP contribution in [-0.4, -0.2) is 16.0 Å². The molecule has 2 aromatic carbocycles. The van der Waals surface area contributed by atoms with Crippen LogP contribution in [0.2, 0.25) is 5.02 Å². The molecule has 2 N–H and O–H groups in total. The van der Waals surface area contributed by atoms with Crippen LogP contribution in [0.25, 0.3) is 0 Å². The minimum absolute atomic E-state index is 0.0856. The summed E-state index contributed by atoms with van der Waals surface area (Å²) < 4.78 is 13.9. The zero-order valence-corrected chi connectivity index (χ0v) is 15.3. The van der Waals surface area contributed by atoms with Gasteiger partial charge in [0.2, 0.25) is 0 Å². The fourth-order valence-corrected chi connectivity index (χ4v) is 2.77. The summed E-state index contributed by atoms with van der Waals surface area (Å²) in [5.74, 6) is -1.28. The number of nitriles is 1.